The molecule has 0 saturated heterocycles. The molecule has 0 bridgehead atoms. The first-order valence-corrected chi connectivity index (χ1v) is 6.63. The molecule has 2 aromatic rings. The molecule has 2 rings (SSSR count). The standard InChI is InChI=1S/C15H20N4O/c1-11-18-14(10-15(19-11)20-2)17-9-8-13(16)12-6-4-3-5-7-12/h3-7,10,13H,8-9,16H2,1-2H3,(H,17,18,19). The van der Waals surface area contributed by atoms with Gasteiger partial charge in [0.2, 0.25) is 5.88 Å². The fourth-order valence-corrected chi connectivity index (χ4v) is 1.96. The van der Waals surface area contributed by atoms with E-state index in [1.165, 1.54) is 0 Å². The highest BCUT2D eigenvalue weighted by Gasteiger charge is 2.06. The van der Waals surface area contributed by atoms with E-state index >= 15 is 0 Å². The normalized spacial score (nSPS) is 11.9. The van der Waals surface area contributed by atoms with E-state index in [-0.39, 0.29) is 6.04 Å². The number of aryl methyl sites for hydroxylation is 1. The molecule has 0 aliphatic rings. The monoisotopic (exact) mass is 272 g/mol. The minimum atomic E-state index is 0.0218. The van der Waals surface area contributed by atoms with Crippen LogP contribution in [0.2, 0.25) is 0 Å². The smallest absolute Gasteiger partial charge is 0.218 e. The van der Waals surface area contributed by atoms with E-state index in [2.05, 4.69) is 15.3 Å². The Hall–Kier alpha value is -2.14. The van der Waals surface area contributed by atoms with E-state index in [1.807, 2.05) is 37.3 Å². The van der Waals surface area contributed by atoms with Gasteiger partial charge in [0.15, 0.2) is 0 Å². The van der Waals surface area contributed by atoms with Crippen LogP contribution in [0.15, 0.2) is 36.4 Å². The summed E-state index contributed by atoms with van der Waals surface area (Å²) >= 11 is 0. The number of methoxy groups -OCH3 is 1. The summed E-state index contributed by atoms with van der Waals surface area (Å²) in [5.41, 5.74) is 7.29. The van der Waals surface area contributed by atoms with Gasteiger partial charge in [-0.1, -0.05) is 30.3 Å². The van der Waals surface area contributed by atoms with Gasteiger partial charge < -0.3 is 15.8 Å². The molecular weight excluding hydrogens is 252 g/mol. The molecule has 0 saturated carbocycles. The van der Waals surface area contributed by atoms with Crippen LogP contribution in [-0.2, 0) is 0 Å². The molecule has 0 amide bonds. The predicted molar refractivity (Wildman–Crippen MR) is 79.8 cm³/mol. The Balaban J connectivity index is 1.88. The topological polar surface area (TPSA) is 73.1 Å². The summed E-state index contributed by atoms with van der Waals surface area (Å²) in [4.78, 5) is 8.45. The number of rotatable bonds is 6. The third-order valence-corrected chi connectivity index (χ3v) is 3.01. The molecule has 0 spiro atoms. The van der Waals surface area contributed by atoms with E-state index in [0.29, 0.717) is 11.7 Å². The van der Waals surface area contributed by atoms with Gasteiger partial charge in [0.25, 0.3) is 0 Å². The number of nitrogens with zero attached hydrogens (tertiary/aromatic N) is 2. The van der Waals surface area contributed by atoms with Crippen LogP contribution in [0.25, 0.3) is 0 Å². The number of ether oxygens (including phenoxy) is 1. The molecule has 0 radical (unpaired) electrons. The summed E-state index contributed by atoms with van der Waals surface area (Å²) in [6.07, 6.45) is 0.829. The van der Waals surface area contributed by atoms with Gasteiger partial charge in [-0.15, -0.1) is 0 Å². The molecule has 1 aromatic heterocycles. The van der Waals surface area contributed by atoms with E-state index in [9.17, 15) is 0 Å². The van der Waals surface area contributed by atoms with Gasteiger partial charge in [-0.3, -0.25) is 0 Å². The summed E-state index contributed by atoms with van der Waals surface area (Å²) < 4.78 is 5.12. The fourth-order valence-electron chi connectivity index (χ4n) is 1.96. The minimum Gasteiger partial charge on any atom is -0.481 e. The summed E-state index contributed by atoms with van der Waals surface area (Å²) in [6.45, 7) is 2.58. The summed E-state index contributed by atoms with van der Waals surface area (Å²) in [7, 11) is 1.59. The van der Waals surface area contributed by atoms with Crippen molar-refractivity contribution in [3.05, 3.63) is 47.8 Å². The number of anilines is 1. The predicted octanol–water partition coefficient (Wildman–Crippen LogP) is 2.30. The Labute approximate surface area is 119 Å². The number of nitrogens with two attached hydrogens (primary N) is 1. The Morgan fingerprint density at radius 1 is 1.25 bits per heavy atom. The Kier molecular flexibility index (Phi) is 4.90. The summed E-state index contributed by atoms with van der Waals surface area (Å²) in [6, 6.07) is 11.9. The molecule has 5 heteroatoms. The van der Waals surface area contributed by atoms with Crippen LogP contribution in [0, 0.1) is 6.92 Å². The van der Waals surface area contributed by atoms with Gasteiger partial charge >= 0.3 is 0 Å². The maximum Gasteiger partial charge on any atom is 0.218 e. The number of hydrogen-bond donors (Lipinski definition) is 2. The zero-order valence-electron chi connectivity index (χ0n) is 11.8. The van der Waals surface area contributed by atoms with Crippen molar-refractivity contribution in [1.82, 2.24) is 9.97 Å². The molecule has 1 unspecified atom stereocenters. The highest BCUT2D eigenvalue weighted by Crippen LogP contribution is 2.15. The quantitative estimate of drug-likeness (QED) is 0.844. The number of aromatic nitrogens is 2. The Morgan fingerprint density at radius 2 is 2.00 bits per heavy atom. The Morgan fingerprint density at radius 3 is 2.70 bits per heavy atom. The van der Waals surface area contributed by atoms with Crippen LogP contribution >= 0.6 is 0 Å². The van der Waals surface area contributed by atoms with Crippen molar-refractivity contribution in [3.63, 3.8) is 0 Å². The molecule has 106 valence electrons. The molecule has 1 heterocycles. The average molecular weight is 272 g/mol. The van der Waals surface area contributed by atoms with Gasteiger partial charge in [-0.2, -0.15) is 4.98 Å². The highest BCUT2D eigenvalue weighted by molar-refractivity contribution is 5.38. The molecule has 3 N–H and O–H groups in total. The fraction of sp³-hybridized carbons (Fsp3) is 0.333. The van der Waals surface area contributed by atoms with Crippen LogP contribution in [0.5, 0.6) is 5.88 Å². The van der Waals surface area contributed by atoms with Gasteiger partial charge in [0, 0.05) is 18.7 Å². The van der Waals surface area contributed by atoms with Crippen molar-refractivity contribution in [2.75, 3.05) is 19.0 Å². The Bertz CT molecular complexity index is 545. The number of benzene rings is 1. The van der Waals surface area contributed by atoms with E-state index < -0.39 is 0 Å². The molecule has 0 aliphatic heterocycles. The second-order valence-corrected chi connectivity index (χ2v) is 4.58. The third-order valence-electron chi connectivity index (χ3n) is 3.01. The van der Waals surface area contributed by atoms with E-state index in [0.717, 1.165) is 24.3 Å². The largest absolute Gasteiger partial charge is 0.481 e. The van der Waals surface area contributed by atoms with Crippen molar-refractivity contribution < 1.29 is 4.74 Å². The lowest BCUT2D eigenvalue weighted by Crippen LogP contribution is -2.15. The van der Waals surface area contributed by atoms with Crippen molar-refractivity contribution in [1.29, 1.82) is 0 Å². The van der Waals surface area contributed by atoms with Gasteiger partial charge in [-0.05, 0) is 18.9 Å². The van der Waals surface area contributed by atoms with Crippen LogP contribution < -0.4 is 15.8 Å². The summed E-state index contributed by atoms with van der Waals surface area (Å²) in [5.74, 6) is 2.00. The molecule has 1 atom stereocenters. The lowest BCUT2D eigenvalue weighted by atomic mass is 10.1. The van der Waals surface area contributed by atoms with Crippen molar-refractivity contribution in [2.45, 2.75) is 19.4 Å². The molecule has 1 aromatic carbocycles. The highest BCUT2D eigenvalue weighted by atomic mass is 16.5. The maximum atomic E-state index is 6.15. The van der Waals surface area contributed by atoms with Crippen LogP contribution in [0.4, 0.5) is 5.82 Å². The zero-order valence-corrected chi connectivity index (χ0v) is 11.8. The molecule has 20 heavy (non-hydrogen) atoms. The first-order valence-electron chi connectivity index (χ1n) is 6.63. The number of nitrogens with one attached hydrogen (secondary N) is 1. The van der Waals surface area contributed by atoms with Crippen LogP contribution in [0.3, 0.4) is 0 Å². The van der Waals surface area contributed by atoms with Crippen molar-refractivity contribution in [2.24, 2.45) is 5.73 Å². The van der Waals surface area contributed by atoms with Gasteiger partial charge in [-0.25, -0.2) is 4.98 Å². The lowest BCUT2D eigenvalue weighted by molar-refractivity contribution is 0.396. The SMILES string of the molecule is COc1cc(NCCC(N)c2ccccc2)nc(C)n1. The zero-order chi connectivity index (χ0) is 14.4. The lowest BCUT2D eigenvalue weighted by Gasteiger charge is -2.13. The van der Waals surface area contributed by atoms with E-state index in [4.69, 9.17) is 10.5 Å². The minimum absolute atomic E-state index is 0.0218. The average Bonchev–Trinajstić information content (AvgIpc) is 2.47. The van der Waals surface area contributed by atoms with Crippen LogP contribution in [0.1, 0.15) is 23.9 Å². The van der Waals surface area contributed by atoms with Crippen LogP contribution in [-0.4, -0.2) is 23.6 Å². The second kappa shape index (κ2) is 6.86. The summed E-state index contributed by atoms with van der Waals surface area (Å²) in [5, 5.41) is 3.25. The van der Waals surface area contributed by atoms with Crippen molar-refractivity contribution >= 4 is 5.82 Å². The molecule has 0 fully saturated rings. The molecule has 5 nitrogen and oxygen atoms in total. The van der Waals surface area contributed by atoms with Crippen molar-refractivity contribution in [3.8, 4) is 5.88 Å². The third kappa shape index (κ3) is 3.93. The molecular formula is C15H20N4O. The van der Waals surface area contributed by atoms with E-state index in [1.54, 1.807) is 13.2 Å². The second-order valence-electron chi connectivity index (χ2n) is 4.58. The first-order chi connectivity index (χ1) is 9.69. The number of hydrogen-bond acceptors (Lipinski definition) is 5. The van der Waals surface area contributed by atoms with Gasteiger partial charge in [0.05, 0.1) is 7.11 Å². The molecule has 0 aliphatic carbocycles. The maximum absolute atomic E-state index is 6.15. The van der Waals surface area contributed by atoms with Gasteiger partial charge in [0.1, 0.15) is 11.6 Å². The first kappa shape index (κ1) is 14.3.